The van der Waals surface area contributed by atoms with Gasteiger partial charge in [0.25, 0.3) is 0 Å². The van der Waals surface area contributed by atoms with Crippen molar-refractivity contribution in [3.63, 3.8) is 0 Å². The molecule has 1 aliphatic heterocycles. The van der Waals surface area contributed by atoms with E-state index >= 15 is 0 Å². The summed E-state index contributed by atoms with van der Waals surface area (Å²) in [6.45, 7) is 10.4. The fourth-order valence-corrected chi connectivity index (χ4v) is 3.45. The van der Waals surface area contributed by atoms with E-state index in [4.69, 9.17) is 15.5 Å². The first kappa shape index (κ1) is 20.0. The zero-order valence-electron chi connectivity index (χ0n) is 17.2. The van der Waals surface area contributed by atoms with E-state index in [0.717, 1.165) is 40.9 Å². The lowest BCUT2D eigenvalue weighted by molar-refractivity contribution is 0.0263. The molecule has 0 saturated carbocycles. The number of nitrogen functional groups attached to an aromatic ring is 1. The number of carbonyl (C=O) groups is 1. The summed E-state index contributed by atoms with van der Waals surface area (Å²) in [6.07, 6.45) is 4.59. The first-order valence-electron chi connectivity index (χ1n) is 9.84. The van der Waals surface area contributed by atoms with Crippen molar-refractivity contribution in [2.75, 3.05) is 36.8 Å². The molecule has 2 aromatic rings. The minimum Gasteiger partial charge on any atom is -0.444 e. The van der Waals surface area contributed by atoms with Crippen molar-refractivity contribution in [1.29, 1.82) is 0 Å². The zero-order chi connectivity index (χ0) is 20.3. The van der Waals surface area contributed by atoms with Crippen molar-refractivity contribution in [3.8, 4) is 0 Å². The van der Waals surface area contributed by atoms with Gasteiger partial charge in [-0.25, -0.2) is 9.78 Å². The third-order valence-corrected chi connectivity index (χ3v) is 4.73. The third-order valence-electron chi connectivity index (χ3n) is 4.73. The first-order valence-corrected chi connectivity index (χ1v) is 9.84. The topological polar surface area (TPSA) is 71.7 Å². The lowest BCUT2D eigenvalue weighted by Gasteiger charge is -2.27. The number of para-hydroxylation sites is 1. The van der Waals surface area contributed by atoms with Gasteiger partial charge in [-0.3, -0.25) is 0 Å². The van der Waals surface area contributed by atoms with Gasteiger partial charge in [-0.15, -0.1) is 0 Å². The van der Waals surface area contributed by atoms with Crippen molar-refractivity contribution in [1.82, 2.24) is 9.88 Å². The SMILES string of the molecule is C/C=C\c1c(N2CCCN(C(=O)OC(C)(C)C)CC2)nc2ccccc2c1N. The van der Waals surface area contributed by atoms with Gasteiger partial charge in [-0.05, 0) is 40.2 Å². The number of nitrogens with zero attached hydrogens (tertiary/aromatic N) is 3. The Morgan fingerprint density at radius 3 is 2.64 bits per heavy atom. The van der Waals surface area contributed by atoms with Crippen LogP contribution in [0.2, 0.25) is 0 Å². The molecule has 6 nitrogen and oxygen atoms in total. The second-order valence-electron chi connectivity index (χ2n) is 8.09. The number of fused-ring (bicyclic) bond motifs is 1. The van der Waals surface area contributed by atoms with E-state index in [-0.39, 0.29) is 6.09 Å². The van der Waals surface area contributed by atoms with Crippen molar-refractivity contribution in [2.45, 2.75) is 39.7 Å². The molecule has 3 rings (SSSR count). The molecular formula is C22H30N4O2. The Kier molecular flexibility index (Phi) is 5.77. The lowest BCUT2D eigenvalue weighted by Crippen LogP contribution is -2.39. The lowest BCUT2D eigenvalue weighted by atomic mass is 10.1. The van der Waals surface area contributed by atoms with Gasteiger partial charge < -0.3 is 20.3 Å². The van der Waals surface area contributed by atoms with Crippen molar-refractivity contribution in [2.24, 2.45) is 0 Å². The van der Waals surface area contributed by atoms with Crippen LogP contribution >= 0.6 is 0 Å². The standard InChI is InChI=1S/C22H30N4O2/c1-5-9-17-19(23)16-10-6-7-11-18(16)24-20(17)25-12-8-13-26(15-14-25)21(27)28-22(2,3)4/h5-7,9-11H,8,12-15H2,1-4H3,(H2,23,24)/b9-5-. The van der Waals surface area contributed by atoms with Gasteiger partial charge >= 0.3 is 6.09 Å². The minimum atomic E-state index is -0.490. The fraction of sp³-hybridized carbons (Fsp3) is 0.455. The highest BCUT2D eigenvalue weighted by atomic mass is 16.6. The molecule has 150 valence electrons. The van der Waals surface area contributed by atoms with Gasteiger partial charge in [0.05, 0.1) is 11.2 Å². The molecule has 0 radical (unpaired) electrons. The predicted octanol–water partition coefficient (Wildman–Crippen LogP) is 4.30. The molecule has 6 heteroatoms. The van der Waals surface area contributed by atoms with Crippen LogP contribution in [0.25, 0.3) is 17.0 Å². The number of hydrogen-bond acceptors (Lipinski definition) is 5. The number of rotatable bonds is 2. The molecule has 1 amide bonds. The fourth-order valence-electron chi connectivity index (χ4n) is 3.45. The molecule has 2 heterocycles. The number of ether oxygens (including phenoxy) is 1. The van der Waals surface area contributed by atoms with Crippen LogP contribution in [-0.4, -0.2) is 47.8 Å². The highest BCUT2D eigenvalue weighted by Gasteiger charge is 2.26. The summed E-state index contributed by atoms with van der Waals surface area (Å²) in [6, 6.07) is 7.94. The highest BCUT2D eigenvalue weighted by Crippen LogP contribution is 2.32. The Hall–Kier alpha value is -2.76. The number of allylic oxidation sites excluding steroid dienone is 1. The number of anilines is 2. The van der Waals surface area contributed by atoms with Crippen LogP contribution in [0.4, 0.5) is 16.3 Å². The minimum absolute atomic E-state index is 0.256. The van der Waals surface area contributed by atoms with Gasteiger partial charge in [0, 0.05) is 37.1 Å². The number of carbonyl (C=O) groups excluding carboxylic acids is 1. The molecule has 1 aromatic heterocycles. The van der Waals surface area contributed by atoms with Crippen LogP contribution in [0.3, 0.4) is 0 Å². The number of pyridine rings is 1. The molecule has 1 aliphatic rings. The smallest absolute Gasteiger partial charge is 0.410 e. The summed E-state index contributed by atoms with van der Waals surface area (Å²) in [7, 11) is 0. The summed E-state index contributed by atoms with van der Waals surface area (Å²) in [5.41, 5.74) is 8.57. The summed E-state index contributed by atoms with van der Waals surface area (Å²) < 4.78 is 5.53. The Bertz CT molecular complexity index is 886. The van der Waals surface area contributed by atoms with Crippen molar-refractivity contribution >= 4 is 34.6 Å². The second kappa shape index (κ2) is 8.09. The Morgan fingerprint density at radius 1 is 1.18 bits per heavy atom. The molecule has 28 heavy (non-hydrogen) atoms. The summed E-state index contributed by atoms with van der Waals surface area (Å²) in [5.74, 6) is 0.875. The third kappa shape index (κ3) is 4.38. The summed E-state index contributed by atoms with van der Waals surface area (Å²) >= 11 is 0. The molecule has 1 aromatic carbocycles. The van der Waals surface area contributed by atoms with Crippen LogP contribution in [0.1, 0.15) is 39.7 Å². The second-order valence-corrected chi connectivity index (χ2v) is 8.09. The molecule has 0 atom stereocenters. The molecule has 1 saturated heterocycles. The van der Waals surface area contributed by atoms with E-state index in [1.54, 1.807) is 4.90 Å². The van der Waals surface area contributed by atoms with Gasteiger partial charge in [-0.1, -0.05) is 30.4 Å². The quantitative estimate of drug-likeness (QED) is 0.838. The Labute approximate surface area is 167 Å². The van der Waals surface area contributed by atoms with E-state index in [0.29, 0.717) is 19.6 Å². The maximum absolute atomic E-state index is 12.4. The molecule has 0 aliphatic carbocycles. The van der Waals surface area contributed by atoms with Crippen LogP contribution in [0.15, 0.2) is 30.3 Å². The number of hydrogen-bond donors (Lipinski definition) is 1. The van der Waals surface area contributed by atoms with E-state index in [9.17, 15) is 4.79 Å². The zero-order valence-corrected chi connectivity index (χ0v) is 17.2. The maximum Gasteiger partial charge on any atom is 0.410 e. The van der Waals surface area contributed by atoms with Gasteiger partial charge in [-0.2, -0.15) is 0 Å². The monoisotopic (exact) mass is 382 g/mol. The van der Waals surface area contributed by atoms with Crippen LogP contribution in [-0.2, 0) is 4.74 Å². The first-order chi connectivity index (χ1) is 13.3. The number of amides is 1. The molecular weight excluding hydrogens is 352 g/mol. The highest BCUT2D eigenvalue weighted by molar-refractivity contribution is 5.97. The van der Waals surface area contributed by atoms with E-state index < -0.39 is 5.60 Å². The molecule has 0 unspecified atom stereocenters. The van der Waals surface area contributed by atoms with Crippen LogP contribution < -0.4 is 10.6 Å². The van der Waals surface area contributed by atoms with Crippen LogP contribution in [0.5, 0.6) is 0 Å². The van der Waals surface area contributed by atoms with Gasteiger partial charge in [0.15, 0.2) is 0 Å². The van der Waals surface area contributed by atoms with E-state index in [1.807, 2.05) is 64.1 Å². The largest absolute Gasteiger partial charge is 0.444 e. The Balaban J connectivity index is 1.88. The number of nitrogens with two attached hydrogens (primary N) is 1. The van der Waals surface area contributed by atoms with Crippen molar-refractivity contribution in [3.05, 3.63) is 35.9 Å². The number of benzene rings is 1. The molecule has 0 bridgehead atoms. The van der Waals surface area contributed by atoms with E-state index in [2.05, 4.69) is 4.90 Å². The maximum atomic E-state index is 12.4. The van der Waals surface area contributed by atoms with E-state index in [1.165, 1.54) is 0 Å². The molecule has 2 N–H and O–H groups in total. The summed E-state index contributed by atoms with van der Waals surface area (Å²) in [4.78, 5) is 21.4. The predicted molar refractivity (Wildman–Crippen MR) is 116 cm³/mol. The average molecular weight is 383 g/mol. The molecule has 1 fully saturated rings. The molecule has 0 spiro atoms. The Morgan fingerprint density at radius 2 is 1.93 bits per heavy atom. The van der Waals surface area contributed by atoms with Gasteiger partial charge in [0.2, 0.25) is 0 Å². The van der Waals surface area contributed by atoms with Crippen LogP contribution in [0, 0.1) is 0 Å². The van der Waals surface area contributed by atoms with Crippen molar-refractivity contribution < 1.29 is 9.53 Å². The average Bonchev–Trinajstić information content (AvgIpc) is 2.89. The number of aromatic nitrogens is 1. The summed E-state index contributed by atoms with van der Waals surface area (Å²) in [5, 5.41) is 0.963. The normalized spacial score (nSPS) is 15.9. The van der Waals surface area contributed by atoms with Gasteiger partial charge in [0.1, 0.15) is 11.4 Å².